The second kappa shape index (κ2) is 10.6. The lowest BCUT2D eigenvalue weighted by Gasteiger charge is -2.46. The van der Waals surface area contributed by atoms with Crippen LogP contribution in [-0.4, -0.2) is 13.4 Å². The van der Waals surface area contributed by atoms with Crippen LogP contribution in [0.4, 0.5) is 34.1 Å². The average molecular weight is 614 g/mol. The second-order valence-electron chi connectivity index (χ2n) is 12.4. The maximum Gasteiger partial charge on any atom is 0.249 e. The molecule has 218 valence electrons. The molecule has 5 heteroatoms. The zero-order chi connectivity index (χ0) is 30.9. The van der Waals surface area contributed by atoms with Crippen LogP contribution in [0, 0.1) is 0 Å². The van der Waals surface area contributed by atoms with E-state index in [1.165, 1.54) is 76.7 Å². The first-order chi connectivity index (χ1) is 23.4. The van der Waals surface area contributed by atoms with Gasteiger partial charge in [0.15, 0.2) is 0 Å². The summed E-state index contributed by atoms with van der Waals surface area (Å²) in [5, 5.41) is 0. The Kier molecular flexibility index (Phi) is 6.03. The minimum absolute atomic E-state index is 0.0435. The summed E-state index contributed by atoms with van der Waals surface area (Å²) in [5.74, 6) is 0. The molecule has 0 atom stereocenters. The van der Waals surface area contributed by atoms with E-state index in [2.05, 4.69) is 180 Å². The Morgan fingerprint density at radius 2 is 0.894 bits per heavy atom. The molecule has 3 heterocycles. The number of rotatable bonds is 3. The summed E-state index contributed by atoms with van der Waals surface area (Å²) in [4.78, 5) is 7.72. The van der Waals surface area contributed by atoms with E-state index in [9.17, 15) is 0 Å². The fraction of sp³-hybridized carbons (Fsp3) is 0. The molecule has 0 saturated heterocycles. The van der Waals surface area contributed by atoms with Gasteiger partial charge in [0.05, 0.1) is 0 Å². The molecule has 47 heavy (non-hydrogen) atoms. The van der Waals surface area contributed by atoms with Gasteiger partial charge in [0, 0.05) is 43.9 Å². The Balaban J connectivity index is 1.39. The Morgan fingerprint density at radius 3 is 1.57 bits per heavy atom. The first-order valence-corrected chi connectivity index (χ1v) is 17.1. The molecule has 0 aliphatic carbocycles. The van der Waals surface area contributed by atoms with Gasteiger partial charge in [-0.2, -0.15) is 0 Å². The van der Waals surface area contributed by atoms with Crippen molar-refractivity contribution in [2.24, 2.45) is 0 Å². The SMILES string of the molecule is c1ccc(B2c3ccccc3N(c3ccccc3)c3cc4c5c(c32)N(c2ccccc2)c2ccccc2B5c2ccccc2S4)cc1. The van der Waals surface area contributed by atoms with Crippen molar-refractivity contribution in [1.82, 2.24) is 0 Å². The van der Waals surface area contributed by atoms with Crippen molar-refractivity contribution in [2.45, 2.75) is 9.79 Å². The van der Waals surface area contributed by atoms with Crippen LogP contribution < -0.4 is 42.6 Å². The third-order valence-electron chi connectivity index (χ3n) is 9.95. The predicted molar refractivity (Wildman–Crippen MR) is 202 cm³/mol. The van der Waals surface area contributed by atoms with E-state index >= 15 is 0 Å². The monoisotopic (exact) mass is 614 g/mol. The molecule has 0 bridgehead atoms. The molecule has 7 aromatic carbocycles. The summed E-state index contributed by atoms with van der Waals surface area (Å²) in [6.45, 7) is 0.180. The number of benzene rings is 7. The summed E-state index contributed by atoms with van der Waals surface area (Å²) in [5.41, 5.74) is 15.5. The van der Waals surface area contributed by atoms with E-state index in [0.29, 0.717) is 0 Å². The number of hydrogen-bond donors (Lipinski definition) is 0. The smallest absolute Gasteiger partial charge is 0.249 e. The summed E-state index contributed by atoms with van der Waals surface area (Å²) in [7, 11) is 0. The molecule has 0 amide bonds. The van der Waals surface area contributed by atoms with Crippen LogP contribution in [0.3, 0.4) is 0 Å². The minimum atomic E-state index is 0.0435. The summed E-state index contributed by atoms with van der Waals surface area (Å²) < 4.78 is 0. The fourth-order valence-electron chi connectivity index (χ4n) is 8.11. The average Bonchev–Trinajstić information content (AvgIpc) is 3.14. The predicted octanol–water partition coefficient (Wildman–Crippen LogP) is 6.75. The third-order valence-corrected chi connectivity index (χ3v) is 11.1. The second-order valence-corrected chi connectivity index (χ2v) is 13.5. The molecule has 3 aliphatic heterocycles. The van der Waals surface area contributed by atoms with Crippen molar-refractivity contribution in [2.75, 3.05) is 9.80 Å². The summed E-state index contributed by atoms with van der Waals surface area (Å²) >= 11 is 1.92. The molecule has 7 aromatic rings. The summed E-state index contributed by atoms with van der Waals surface area (Å²) in [6.07, 6.45) is 0. The molecule has 0 unspecified atom stereocenters. The van der Waals surface area contributed by atoms with Crippen molar-refractivity contribution in [3.05, 3.63) is 170 Å². The van der Waals surface area contributed by atoms with Crippen molar-refractivity contribution in [3.63, 3.8) is 0 Å². The topological polar surface area (TPSA) is 6.48 Å². The van der Waals surface area contributed by atoms with Gasteiger partial charge in [-0.15, -0.1) is 0 Å². The lowest BCUT2D eigenvalue weighted by atomic mass is 9.31. The van der Waals surface area contributed by atoms with Crippen LogP contribution in [0.25, 0.3) is 0 Å². The molecule has 0 aromatic heterocycles. The molecule has 2 nitrogen and oxygen atoms in total. The normalized spacial score (nSPS) is 13.7. The third kappa shape index (κ3) is 3.96. The van der Waals surface area contributed by atoms with Gasteiger partial charge in [-0.25, -0.2) is 0 Å². The van der Waals surface area contributed by atoms with E-state index < -0.39 is 0 Å². The maximum absolute atomic E-state index is 2.56. The van der Waals surface area contributed by atoms with E-state index in [1.807, 2.05) is 11.8 Å². The Labute approximate surface area is 280 Å². The number of nitrogens with zero attached hydrogens (tertiary/aromatic N) is 2. The molecule has 0 fully saturated rings. The van der Waals surface area contributed by atoms with Gasteiger partial charge in [0.1, 0.15) is 0 Å². The van der Waals surface area contributed by atoms with Crippen LogP contribution >= 0.6 is 11.8 Å². The Morgan fingerprint density at radius 1 is 0.383 bits per heavy atom. The van der Waals surface area contributed by atoms with Gasteiger partial charge >= 0.3 is 0 Å². The van der Waals surface area contributed by atoms with E-state index in [4.69, 9.17) is 0 Å². The molecule has 0 spiro atoms. The number of para-hydroxylation sites is 4. The number of anilines is 6. The van der Waals surface area contributed by atoms with Crippen molar-refractivity contribution in [1.29, 1.82) is 0 Å². The Hall–Kier alpha value is -5.38. The van der Waals surface area contributed by atoms with Gasteiger partial charge in [-0.1, -0.05) is 144 Å². The maximum atomic E-state index is 2.56. The van der Waals surface area contributed by atoms with Crippen molar-refractivity contribution >= 4 is 92.1 Å². The lowest BCUT2D eigenvalue weighted by Crippen LogP contribution is -2.65. The van der Waals surface area contributed by atoms with E-state index in [-0.39, 0.29) is 13.4 Å². The molecule has 3 aliphatic rings. The van der Waals surface area contributed by atoms with E-state index in [1.54, 1.807) is 0 Å². The van der Waals surface area contributed by atoms with Crippen LogP contribution in [-0.2, 0) is 0 Å². The molecule has 0 radical (unpaired) electrons. The molecule has 10 rings (SSSR count). The Bertz CT molecular complexity index is 2310. The molecule has 0 saturated carbocycles. The van der Waals surface area contributed by atoms with Crippen LogP contribution in [0.2, 0.25) is 0 Å². The van der Waals surface area contributed by atoms with Crippen LogP contribution in [0.15, 0.2) is 180 Å². The number of hydrogen-bond acceptors (Lipinski definition) is 3. The van der Waals surface area contributed by atoms with Gasteiger partial charge < -0.3 is 9.80 Å². The molecule has 0 N–H and O–H groups in total. The molecular weight excluding hydrogens is 586 g/mol. The highest BCUT2D eigenvalue weighted by Gasteiger charge is 2.47. The highest BCUT2D eigenvalue weighted by molar-refractivity contribution is 8.00. The first kappa shape index (κ1) is 26.8. The van der Waals surface area contributed by atoms with Crippen LogP contribution in [0.1, 0.15) is 0 Å². The van der Waals surface area contributed by atoms with Gasteiger partial charge in [-0.05, 0) is 70.4 Å². The minimum Gasteiger partial charge on any atom is -0.312 e. The van der Waals surface area contributed by atoms with Crippen molar-refractivity contribution < 1.29 is 0 Å². The standard InChI is InChI=1S/C42H28B2N2S/c1-4-16-29(17-5-1)43-32-22-10-13-25-35(32)45(30-18-6-2-7-19-30)37-28-39-41-42(40(37)43)46(31-20-8-3-9-21-31)36-26-14-11-23-33(36)44(41)34-24-12-15-27-38(34)47-39/h1-28H. The zero-order valence-corrected chi connectivity index (χ0v) is 26.4. The first-order valence-electron chi connectivity index (χ1n) is 16.3. The quantitative estimate of drug-likeness (QED) is 0.204. The fourth-order valence-corrected chi connectivity index (χ4v) is 9.30. The van der Waals surface area contributed by atoms with Crippen LogP contribution in [0.5, 0.6) is 0 Å². The zero-order valence-electron chi connectivity index (χ0n) is 25.6. The van der Waals surface area contributed by atoms with Crippen molar-refractivity contribution in [3.8, 4) is 0 Å². The largest absolute Gasteiger partial charge is 0.312 e. The van der Waals surface area contributed by atoms with Gasteiger partial charge in [0.2, 0.25) is 13.4 Å². The summed E-state index contributed by atoms with van der Waals surface area (Å²) in [6, 6.07) is 62.5. The van der Waals surface area contributed by atoms with Gasteiger partial charge in [-0.3, -0.25) is 0 Å². The lowest BCUT2D eigenvalue weighted by molar-refractivity contribution is 1.24. The van der Waals surface area contributed by atoms with Gasteiger partial charge in [0.25, 0.3) is 0 Å². The number of fused-ring (bicyclic) bond motifs is 7. The molecular formula is C42H28B2N2S. The highest BCUT2D eigenvalue weighted by atomic mass is 32.2. The van der Waals surface area contributed by atoms with E-state index in [0.717, 1.165) is 0 Å². The highest BCUT2D eigenvalue weighted by Crippen LogP contribution is 2.46.